The number of hydrogen-bond acceptors (Lipinski definition) is 12. The van der Waals surface area contributed by atoms with Crippen LogP contribution in [0.25, 0.3) is 0 Å². The van der Waals surface area contributed by atoms with Crippen molar-refractivity contribution in [2.45, 2.75) is 38.5 Å². The van der Waals surface area contributed by atoms with E-state index in [-0.39, 0.29) is 167 Å². The quantitative estimate of drug-likeness (QED) is 0.168. The van der Waals surface area contributed by atoms with E-state index in [1.165, 1.54) is 0 Å². The molecule has 0 fully saturated rings. The van der Waals surface area contributed by atoms with Crippen molar-refractivity contribution < 1.29 is 164 Å². The van der Waals surface area contributed by atoms with Crippen LogP contribution >= 0.6 is 0 Å². The van der Waals surface area contributed by atoms with Gasteiger partial charge in [-0.1, -0.05) is 0 Å². The molecule has 10 nitrogen and oxygen atoms in total. The summed E-state index contributed by atoms with van der Waals surface area (Å²) in [6.45, 7) is -0.141. The summed E-state index contributed by atoms with van der Waals surface area (Å²) in [4.78, 5) is 19.7. The maximum absolute atomic E-state index is 10.2. The van der Waals surface area contributed by atoms with Gasteiger partial charge in [0, 0.05) is 11.9 Å². The molecule has 0 spiro atoms. The third kappa shape index (κ3) is 59.6. The number of rotatable bonds is 12. The molecule has 2 unspecified atom stereocenters. The van der Waals surface area contributed by atoms with Gasteiger partial charge in [-0.25, -0.2) is 8.42 Å². The van der Waals surface area contributed by atoms with Gasteiger partial charge in [0.2, 0.25) is 0 Å². The second kappa shape index (κ2) is 30.3. The van der Waals surface area contributed by atoms with Crippen molar-refractivity contribution >= 4 is 75.5 Å². The summed E-state index contributed by atoms with van der Waals surface area (Å²) >= 11 is 7.81. The van der Waals surface area contributed by atoms with Gasteiger partial charge in [0.05, 0.1) is 31.3 Å². The number of hydrogen-bond donors (Lipinski definition) is 0. The van der Waals surface area contributed by atoms with E-state index in [1.807, 2.05) is 0 Å². The standard InChI is InChI=1S/2C5H10O5S2.Mg.4Na.2H/c2*6-5(7)3-1-2-4-10-12(8,9)11;;;;;;;/h2*1-4H2,(H,6,7)(H,8,9,11);;;;;;;/q;;;4*+1;;/p-4. The van der Waals surface area contributed by atoms with E-state index < -0.39 is 30.0 Å². The molecule has 0 saturated carbocycles. The van der Waals surface area contributed by atoms with Gasteiger partial charge >= 0.3 is 141 Å². The van der Waals surface area contributed by atoms with Crippen LogP contribution in [0.3, 0.4) is 0 Å². The fourth-order valence-electron chi connectivity index (χ4n) is 1.06. The predicted octanol–water partition coefficient (Wildman–Crippen LogP) is -15.5. The monoisotopic (exact) mass is 542 g/mol. The Morgan fingerprint density at radius 2 is 0.931 bits per heavy atom. The van der Waals surface area contributed by atoms with E-state index in [0.29, 0.717) is 25.7 Å². The molecule has 0 aliphatic rings. The fraction of sp³-hybridized carbons (Fsp3) is 0.800. The second-order valence-corrected chi connectivity index (χ2v) is 8.67. The van der Waals surface area contributed by atoms with Crippen molar-refractivity contribution in [2.24, 2.45) is 0 Å². The van der Waals surface area contributed by atoms with Crippen LogP contribution in [0, 0.1) is 0 Å². The van der Waals surface area contributed by atoms with E-state index >= 15 is 0 Å². The van der Waals surface area contributed by atoms with Gasteiger partial charge in [-0.05, 0) is 60.9 Å². The Bertz CT molecular complexity index is 539. The summed E-state index contributed by atoms with van der Waals surface area (Å²) in [5.41, 5.74) is 0. The van der Waals surface area contributed by atoms with Crippen LogP contribution in [-0.2, 0) is 58.4 Å². The summed E-state index contributed by atoms with van der Waals surface area (Å²) < 4.78 is 49.1. The number of carbonyl (C=O) groups excluding carboxylic acids is 2. The first kappa shape index (κ1) is 50.2. The van der Waals surface area contributed by atoms with Crippen molar-refractivity contribution in [3.8, 4) is 0 Å². The molecular formula is C10H18MgNa4O10S4. The summed E-state index contributed by atoms with van der Waals surface area (Å²) in [5.74, 6) is -2.31. The van der Waals surface area contributed by atoms with Gasteiger partial charge in [0.15, 0.2) is 0 Å². The molecule has 0 aliphatic heterocycles. The molecule has 2 atom stereocenters. The number of carbonyl (C=O) groups is 2. The normalized spacial score (nSPS) is 12.8. The third-order valence-electron chi connectivity index (χ3n) is 2.01. The first-order chi connectivity index (χ1) is 10.8. The Labute approximate surface area is 285 Å². The van der Waals surface area contributed by atoms with Crippen molar-refractivity contribution in [2.75, 3.05) is 13.2 Å². The molecular weight excluding hydrogens is 525 g/mol. The Morgan fingerprint density at radius 1 is 0.690 bits per heavy atom. The Morgan fingerprint density at radius 3 is 1.10 bits per heavy atom. The van der Waals surface area contributed by atoms with Gasteiger partial charge < -0.3 is 28.9 Å². The maximum atomic E-state index is 10.2. The van der Waals surface area contributed by atoms with Crippen molar-refractivity contribution in [1.29, 1.82) is 0 Å². The smallest absolute Gasteiger partial charge is 0.748 e. The van der Waals surface area contributed by atoms with Crippen LogP contribution in [0.4, 0.5) is 0 Å². The molecule has 0 heterocycles. The van der Waals surface area contributed by atoms with Crippen LogP contribution in [0.2, 0.25) is 0 Å². The zero-order chi connectivity index (χ0) is 19.2. The molecule has 148 valence electrons. The summed E-state index contributed by atoms with van der Waals surface area (Å²) in [5, 5.41) is 19.7. The van der Waals surface area contributed by atoms with Crippen molar-refractivity contribution in [1.82, 2.24) is 0 Å². The molecule has 0 aromatic rings. The zero-order valence-corrected chi connectivity index (χ0v) is 27.6. The Hall–Kier alpha value is 4.29. The summed E-state index contributed by atoms with van der Waals surface area (Å²) in [6, 6.07) is 0. The van der Waals surface area contributed by atoms with Gasteiger partial charge in [0.25, 0.3) is 0 Å². The summed E-state index contributed by atoms with van der Waals surface area (Å²) in [6.07, 6.45) is 1.13. The molecule has 0 saturated heterocycles. The zero-order valence-electron chi connectivity index (χ0n) is 16.4. The van der Waals surface area contributed by atoms with E-state index in [1.54, 1.807) is 0 Å². The average Bonchev–Trinajstić information content (AvgIpc) is 2.35. The number of carboxylic acid groups (broad SMARTS) is 2. The number of aliphatic carboxylic acids is 2. The molecule has 0 bridgehead atoms. The van der Waals surface area contributed by atoms with E-state index in [4.69, 9.17) is 0 Å². The van der Waals surface area contributed by atoms with Crippen LogP contribution in [-0.4, -0.2) is 65.7 Å². The molecule has 0 radical (unpaired) electrons. The van der Waals surface area contributed by atoms with E-state index in [9.17, 15) is 37.3 Å². The molecule has 0 aromatic heterocycles. The maximum Gasteiger partial charge on any atom is 1.00 e. The molecule has 29 heavy (non-hydrogen) atoms. The Kier molecular flexibility index (Phi) is 52.5. The third-order valence-corrected chi connectivity index (χ3v) is 3.49. The van der Waals surface area contributed by atoms with Crippen LogP contribution in [0.1, 0.15) is 38.5 Å². The molecule has 0 N–H and O–H groups in total. The van der Waals surface area contributed by atoms with Crippen molar-refractivity contribution in [3.05, 3.63) is 0 Å². The first-order valence-corrected chi connectivity index (χ1v) is 11.1. The van der Waals surface area contributed by atoms with Crippen LogP contribution in [0.15, 0.2) is 0 Å². The molecule has 0 amide bonds. The van der Waals surface area contributed by atoms with E-state index in [0.717, 1.165) is 0 Å². The van der Waals surface area contributed by atoms with Gasteiger partial charge in [0.1, 0.15) is 0 Å². The molecule has 0 rings (SSSR count). The average molecular weight is 543 g/mol. The molecule has 19 heteroatoms. The van der Waals surface area contributed by atoms with Crippen molar-refractivity contribution in [3.63, 3.8) is 0 Å². The largest absolute Gasteiger partial charge is 1.00 e. The Balaban J connectivity index is -0.0000000569. The van der Waals surface area contributed by atoms with Crippen LogP contribution in [0.5, 0.6) is 0 Å². The number of unbranched alkanes of at least 4 members (excludes halogenated alkanes) is 2. The second-order valence-electron chi connectivity index (χ2n) is 4.12. The fourth-order valence-corrected chi connectivity index (χ4v) is 2.12. The predicted molar refractivity (Wildman–Crippen MR) is 90.7 cm³/mol. The summed E-state index contributed by atoms with van der Waals surface area (Å²) in [7, 11) is -7.61. The minimum atomic E-state index is -3.80. The first-order valence-electron chi connectivity index (χ1n) is 6.43. The number of carboxylic acids is 2. The molecule has 0 aliphatic carbocycles. The van der Waals surface area contributed by atoms with E-state index in [2.05, 4.69) is 30.7 Å². The minimum absolute atomic E-state index is 0. The topological polar surface area (TPSA) is 179 Å². The van der Waals surface area contributed by atoms with Crippen LogP contribution < -0.4 is 128 Å². The van der Waals surface area contributed by atoms with Gasteiger partial charge in [-0.3, -0.25) is 8.37 Å². The minimum Gasteiger partial charge on any atom is -0.748 e. The van der Waals surface area contributed by atoms with Gasteiger partial charge in [-0.2, -0.15) is 0 Å². The van der Waals surface area contributed by atoms with Gasteiger partial charge in [-0.15, -0.1) is 0 Å². The molecule has 0 aromatic carbocycles. The SMILES string of the molecule is O=C([O-])CCCCOS(=O)([O-])=S.O=C([O-])CCCCOS(=O)([O-])=S.[MgH2].[Na+].[Na+].[Na+].[Na+].